The molecular formula is C15H15N3. The van der Waals surface area contributed by atoms with Crippen molar-refractivity contribution >= 4 is 5.69 Å². The Morgan fingerprint density at radius 3 is 2.67 bits per heavy atom. The summed E-state index contributed by atoms with van der Waals surface area (Å²) in [5.74, 6) is 0. The lowest BCUT2D eigenvalue weighted by Gasteiger charge is -2.09. The van der Waals surface area contributed by atoms with E-state index in [-0.39, 0.29) is 0 Å². The van der Waals surface area contributed by atoms with Crippen LogP contribution in [0.25, 0.3) is 0 Å². The molecule has 0 radical (unpaired) electrons. The van der Waals surface area contributed by atoms with Gasteiger partial charge in [-0.05, 0) is 54.8 Å². The van der Waals surface area contributed by atoms with Crippen LogP contribution in [0.1, 0.15) is 16.7 Å². The van der Waals surface area contributed by atoms with Crippen LogP contribution in [-0.4, -0.2) is 11.5 Å². The molecule has 0 aliphatic carbocycles. The van der Waals surface area contributed by atoms with Crippen molar-refractivity contribution < 1.29 is 0 Å². The second-order valence-electron chi connectivity index (χ2n) is 4.17. The molecule has 0 fully saturated rings. The predicted octanol–water partition coefficient (Wildman–Crippen LogP) is 2.92. The van der Waals surface area contributed by atoms with E-state index in [1.54, 1.807) is 0 Å². The van der Waals surface area contributed by atoms with Crippen LogP contribution in [0.2, 0.25) is 0 Å². The Morgan fingerprint density at radius 1 is 1.22 bits per heavy atom. The van der Waals surface area contributed by atoms with Crippen LogP contribution in [0.4, 0.5) is 5.69 Å². The highest BCUT2D eigenvalue weighted by Crippen LogP contribution is 2.16. The number of nitrogens with one attached hydrogen (secondary N) is 1. The Labute approximate surface area is 107 Å². The first-order chi connectivity index (χ1) is 8.79. The molecular weight excluding hydrogens is 222 g/mol. The fourth-order valence-corrected chi connectivity index (χ4v) is 1.82. The number of aromatic nitrogens is 1. The molecule has 1 aromatic heterocycles. The normalized spacial score (nSPS) is 9.78. The molecule has 0 amide bonds. The molecule has 0 saturated heterocycles. The smallest absolute Gasteiger partial charge is 0.0991 e. The fourth-order valence-electron chi connectivity index (χ4n) is 1.82. The standard InChI is InChI=1S/C15H15N3/c1-12-10-14(11-16)2-3-15(12)18-9-6-13-4-7-17-8-5-13/h2-5,7-8,10,18H,6,9H2,1H3. The van der Waals surface area contributed by atoms with E-state index in [1.807, 2.05) is 49.6 Å². The van der Waals surface area contributed by atoms with Gasteiger partial charge in [0.25, 0.3) is 0 Å². The summed E-state index contributed by atoms with van der Waals surface area (Å²) in [7, 11) is 0. The number of aryl methyl sites for hydroxylation is 1. The lowest BCUT2D eigenvalue weighted by Crippen LogP contribution is -2.06. The Balaban J connectivity index is 1.93. The van der Waals surface area contributed by atoms with Crippen LogP contribution in [0, 0.1) is 18.3 Å². The number of nitriles is 1. The van der Waals surface area contributed by atoms with Crippen LogP contribution in [0.3, 0.4) is 0 Å². The van der Waals surface area contributed by atoms with Gasteiger partial charge in [-0.1, -0.05) is 0 Å². The Bertz CT molecular complexity index is 556. The molecule has 0 atom stereocenters. The van der Waals surface area contributed by atoms with E-state index in [1.165, 1.54) is 5.56 Å². The molecule has 1 heterocycles. The van der Waals surface area contributed by atoms with Gasteiger partial charge in [0.1, 0.15) is 0 Å². The van der Waals surface area contributed by atoms with E-state index in [4.69, 9.17) is 5.26 Å². The van der Waals surface area contributed by atoms with Crippen LogP contribution in [-0.2, 0) is 6.42 Å². The molecule has 3 heteroatoms. The minimum atomic E-state index is 0.701. The van der Waals surface area contributed by atoms with Crippen LogP contribution >= 0.6 is 0 Å². The summed E-state index contributed by atoms with van der Waals surface area (Å²) in [6, 6.07) is 11.9. The second kappa shape index (κ2) is 5.83. The van der Waals surface area contributed by atoms with E-state index in [9.17, 15) is 0 Å². The summed E-state index contributed by atoms with van der Waals surface area (Å²) in [4.78, 5) is 3.99. The highest BCUT2D eigenvalue weighted by molar-refractivity contribution is 5.54. The van der Waals surface area contributed by atoms with Gasteiger partial charge in [0, 0.05) is 24.6 Å². The van der Waals surface area contributed by atoms with Crippen molar-refractivity contribution in [3.05, 3.63) is 59.4 Å². The molecule has 2 aromatic rings. The molecule has 1 N–H and O–H groups in total. The number of hydrogen-bond acceptors (Lipinski definition) is 3. The van der Waals surface area contributed by atoms with E-state index in [2.05, 4.69) is 16.4 Å². The van der Waals surface area contributed by atoms with Gasteiger partial charge in [-0.2, -0.15) is 5.26 Å². The minimum absolute atomic E-state index is 0.701. The largest absolute Gasteiger partial charge is 0.384 e. The van der Waals surface area contributed by atoms with Crippen molar-refractivity contribution in [2.45, 2.75) is 13.3 Å². The van der Waals surface area contributed by atoms with Gasteiger partial charge < -0.3 is 5.32 Å². The average molecular weight is 237 g/mol. The average Bonchev–Trinajstić information content (AvgIpc) is 2.42. The number of anilines is 1. The second-order valence-corrected chi connectivity index (χ2v) is 4.17. The highest BCUT2D eigenvalue weighted by Gasteiger charge is 1.99. The van der Waals surface area contributed by atoms with Crippen molar-refractivity contribution in [3.8, 4) is 6.07 Å². The molecule has 0 spiro atoms. The van der Waals surface area contributed by atoms with Gasteiger partial charge in [0.2, 0.25) is 0 Å². The summed E-state index contributed by atoms with van der Waals surface area (Å²) in [6.07, 6.45) is 4.58. The highest BCUT2D eigenvalue weighted by atomic mass is 14.9. The van der Waals surface area contributed by atoms with Gasteiger partial charge >= 0.3 is 0 Å². The third-order valence-corrected chi connectivity index (χ3v) is 2.83. The molecule has 3 nitrogen and oxygen atoms in total. The zero-order chi connectivity index (χ0) is 12.8. The monoisotopic (exact) mass is 237 g/mol. The lowest BCUT2D eigenvalue weighted by molar-refractivity contribution is 1.01. The van der Waals surface area contributed by atoms with Gasteiger partial charge in [-0.3, -0.25) is 4.98 Å². The van der Waals surface area contributed by atoms with E-state index in [0.29, 0.717) is 5.56 Å². The third kappa shape index (κ3) is 3.08. The van der Waals surface area contributed by atoms with E-state index < -0.39 is 0 Å². The van der Waals surface area contributed by atoms with E-state index in [0.717, 1.165) is 24.2 Å². The molecule has 0 unspecified atom stereocenters. The number of rotatable bonds is 4. The first-order valence-corrected chi connectivity index (χ1v) is 5.93. The van der Waals surface area contributed by atoms with Gasteiger partial charge in [-0.25, -0.2) is 0 Å². The Morgan fingerprint density at radius 2 is 2.00 bits per heavy atom. The summed E-state index contributed by atoms with van der Waals surface area (Å²) in [5.41, 5.74) is 4.16. The molecule has 0 aliphatic heterocycles. The summed E-state index contributed by atoms with van der Waals surface area (Å²) in [5, 5.41) is 12.2. The first-order valence-electron chi connectivity index (χ1n) is 5.93. The summed E-state index contributed by atoms with van der Waals surface area (Å²) in [6.45, 7) is 2.88. The topological polar surface area (TPSA) is 48.7 Å². The maximum atomic E-state index is 8.80. The van der Waals surface area contributed by atoms with Gasteiger partial charge in [0.15, 0.2) is 0 Å². The van der Waals surface area contributed by atoms with Crippen LogP contribution in [0.15, 0.2) is 42.7 Å². The van der Waals surface area contributed by atoms with Crippen molar-refractivity contribution in [2.24, 2.45) is 0 Å². The molecule has 0 bridgehead atoms. The van der Waals surface area contributed by atoms with Gasteiger partial charge in [0.05, 0.1) is 11.6 Å². The van der Waals surface area contributed by atoms with Crippen LogP contribution in [0.5, 0.6) is 0 Å². The lowest BCUT2D eigenvalue weighted by atomic mass is 10.1. The van der Waals surface area contributed by atoms with Crippen molar-refractivity contribution in [1.29, 1.82) is 5.26 Å². The quantitative estimate of drug-likeness (QED) is 0.889. The minimum Gasteiger partial charge on any atom is -0.384 e. The van der Waals surface area contributed by atoms with Crippen LogP contribution < -0.4 is 5.32 Å². The van der Waals surface area contributed by atoms with Crippen molar-refractivity contribution in [2.75, 3.05) is 11.9 Å². The number of nitrogens with zero attached hydrogens (tertiary/aromatic N) is 2. The zero-order valence-corrected chi connectivity index (χ0v) is 10.4. The molecule has 0 saturated carbocycles. The van der Waals surface area contributed by atoms with Crippen molar-refractivity contribution in [3.63, 3.8) is 0 Å². The summed E-state index contributed by atoms with van der Waals surface area (Å²) < 4.78 is 0. The van der Waals surface area contributed by atoms with Gasteiger partial charge in [-0.15, -0.1) is 0 Å². The van der Waals surface area contributed by atoms with Crippen molar-refractivity contribution in [1.82, 2.24) is 4.98 Å². The molecule has 1 aromatic carbocycles. The molecule has 2 rings (SSSR count). The van der Waals surface area contributed by atoms with E-state index >= 15 is 0 Å². The SMILES string of the molecule is Cc1cc(C#N)ccc1NCCc1ccncc1. The maximum Gasteiger partial charge on any atom is 0.0991 e. The zero-order valence-electron chi connectivity index (χ0n) is 10.4. The third-order valence-electron chi connectivity index (χ3n) is 2.83. The predicted molar refractivity (Wildman–Crippen MR) is 72.3 cm³/mol. The number of benzene rings is 1. The molecule has 0 aliphatic rings. The fraction of sp³-hybridized carbons (Fsp3) is 0.200. The molecule has 90 valence electrons. The number of pyridine rings is 1. The first kappa shape index (κ1) is 12.1. The maximum absolute atomic E-state index is 8.80. The number of hydrogen-bond donors (Lipinski definition) is 1. The molecule has 18 heavy (non-hydrogen) atoms. The Hall–Kier alpha value is -2.34. The Kier molecular flexibility index (Phi) is 3.93. The summed E-state index contributed by atoms with van der Waals surface area (Å²) >= 11 is 0.